The summed E-state index contributed by atoms with van der Waals surface area (Å²) >= 11 is 0. The Morgan fingerprint density at radius 1 is 1.08 bits per heavy atom. The van der Waals surface area contributed by atoms with Crippen LogP contribution in [0.4, 0.5) is 10.5 Å². The summed E-state index contributed by atoms with van der Waals surface area (Å²) in [5.74, 6) is 1.67. The number of hydrogen-bond donors (Lipinski definition) is 2. The number of piperidine rings is 4. The van der Waals surface area contributed by atoms with Gasteiger partial charge in [0.15, 0.2) is 0 Å². The third kappa shape index (κ3) is 4.38. The summed E-state index contributed by atoms with van der Waals surface area (Å²) in [6.07, 6.45) is 6.75. The summed E-state index contributed by atoms with van der Waals surface area (Å²) in [5.41, 5.74) is 0.845. The average molecular weight is 357 g/mol. The Kier molecular flexibility index (Phi) is 5.75. The van der Waals surface area contributed by atoms with Crippen molar-refractivity contribution in [3.8, 4) is 0 Å². The quantitative estimate of drug-likeness (QED) is 0.853. The van der Waals surface area contributed by atoms with Crippen molar-refractivity contribution in [2.24, 2.45) is 11.8 Å². The number of urea groups is 1. The molecule has 2 amide bonds. The van der Waals surface area contributed by atoms with Gasteiger partial charge in [-0.1, -0.05) is 24.6 Å². The summed E-state index contributed by atoms with van der Waals surface area (Å²) < 4.78 is 0. The highest BCUT2D eigenvalue weighted by Crippen LogP contribution is 2.36. The van der Waals surface area contributed by atoms with E-state index >= 15 is 0 Å². The Morgan fingerprint density at radius 3 is 2.62 bits per heavy atom. The molecule has 4 saturated heterocycles. The molecule has 2 N–H and O–H groups in total. The molecule has 0 aliphatic carbocycles. The van der Waals surface area contributed by atoms with E-state index in [1.54, 1.807) is 0 Å². The fourth-order valence-electron chi connectivity index (χ4n) is 5.05. The maximum absolute atomic E-state index is 12.1. The van der Waals surface area contributed by atoms with Gasteiger partial charge in [0.1, 0.15) is 0 Å². The number of benzene rings is 1. The molecule has 4 aliphatic rings. The highest BCUT2D eigenvalue weighted by atomic mass is 16.2. The number of para-hydroxylation sites is 1. The van der Waals surface area contributed by atoms with Gasteiger partial charge in [-0.25, -0.2) is 4.79 Å². The minimum Gasteiger partial charge on any atom is -0.336 e. The molecule has 5 heteroatoms. The predicted molar refractivity (Wildman–Crippen MR) is 105 cm³/mol. The zero-order chi connectivity index (χ0) is 17.8. The maximum Gasteiger partial charge on any atom is 0.319 e. The van der Waals surface area contributed by atoms with Crippen LogP contribution >= 0.6 is 0 Å². The van der Waals surface area contributed by atoms with Gasteiger partial charge in [-0.05, 0) is 69.3 Å². The van der Waals surface area contributed by atoms with E-state index in [9.17, 15) is 4.79 Å². The van der Waals surface area contributed by atoms with E-state index in [4.69, 9.17) is 0 Å². The lowest BCUT2D eigenvalue weighted by atomic mass is 9.75. The van der Waals surface area contributed by atoms with Crippen LogP contribution < -0.4 is 10.6 Å². The van der Waals surface area contributed by atoms with E-state index in [0.717, 1.165) is 24.1 Å². The van der Waals surface area contributed by atoms with Crippen LogP contribution in [0, 0.1) is 11.8 Å². The second kappa shape index (κ2) is 8.40. The number of carbonyl (C=O) groups is 1. The van der Waals surface area contributed by atoms with Crippen LogP contribution in [0.1, 0.15) is 32.1 Å². The largest absolute Gasteiger partial charge is 0.336 e. The van der Waals surface area contributed by atoms with E-state index in [2.05, 4.69) is 20.4 Å². The lowest BCUT2D eigenvalue weighted by Crippen LogP contribution is -2.58. The molecule has 4 atom stereocenters. The molecule has 4 aliphatic heterocycles. The van der Waals surface area contributed by atoms with Crippen LogP contribution in [-0.4, -0.2) is 61.1 Å². The van der Waals surface area contributed by atoms with Gasteiger partial charge in [-0.15, -0.1) is 0 Å². The molecule has 4 fully saturated rings. The molecule has 1 unspecified atom stereocenters. The molecule has 4 heterocycles. The van der Waals surface area contributed by atoms with Crippen molar-refractivity contribution in [1.29, 1.82) is 0 Å². The van der Waals surface area contributed by atoms with Gasteiger partial charge in [-0.3, -0.25) is 4.90 Å². The normalized spacial score (nSPS) is 31.5. The fourth-order valence-corrected chi connectivity index (χ4v) is 5.05. The van der Waals surface area contributed by atoms with Crippen molar-refractivity contribution in [3.05, 3.63) is 30.3 Å². The van der Waals surface area contributed by atoms with Gasteiger partial charge >= 0.3 is 6.03 Å². The van der Waals surface area contributed by atoms with Crippen LogP contribution in [0.2, 0.25) is 0 Å². The lowest BCUT2D eigenvalue weighted by molar-refractivity contribution is -0.0128. The van der Waals surface area contributed by atoms with Gasteiger partial charge in [0.2, 0.25) is 0 Å². The molecule has 0 spiro atoms. The first kappa shape index (κ1) is 17.8. The Hall–Kier alpha value is -1.59. The monoisotopic (exact) mass is 356 g/mol. The van der Waals surface area contributed by atoms with Gasteiger partial charge < -0.3 is 15.5 Å². The standard InChI is InChI=1S/C21H32N4O/c26-21(23-19-7-3-1-4-8-19)22-14-20-13-17-9-12-25(20)16-18(17)15-24-10-5-2-6-11-24/h1,3-4,7-8,17-18,20H,2,5-6,9-16H2,(H2,22,23,26)/t17-,18-,20+/m0/s1. The van der Waals surface area contributed by atoms with Gasteiger partial charge in [0.05, 0.1) is 0 Å². The summed E-state index contributed by atoms with van der Waals surface area (Å²) in [4.78, 5) is 17.5. The molecule has 0 radical (unpaired) electrons. The van der Waals surface area contributed by atoms with Crippen LogP contribution in [0.15, 0.2) is 30.3 Å². The first-order valence-electron chi connectivity index (χ1n) is 10.3. The van der Waals surface area contributed by atoms with Gasteiger partial charge in [0, 0.05) is 31.4 Å². The molecule has 1 aromatic rings. The number of rotatable bonds is 5. The van der Waals surface area contributed by atoms with Crippen molar-refractivity contribution in [2.45, 2.75) is 38.1 Å². The van der Waals surface area contributed by atoms with Crippen molar-refractivity contribution < 1.29 is 4.79 Å². The molecule has 142 valence electrons. The predicted octanol–water partition coefficient (Wildman–Crippen LogP) is 3.00. The SMILES string of the molecule is O=C(NC[C@H]1C[C@@H]2CCN1C[C@@H]2CN1CCCCC1)Nc1ccccc1. The molecular weight excluding hydrogens is 324 g/mol. The Morgan fingerprint density at radius 2 is 1.88 bits per heavy atom. The molecule has 5 nitrogen and oxygen atoms in total. The summed E-state index contributed by atoms with van der Waals surface area (Å²) in [6.45, 7) is 7.06. The molecule has 0 saturated carbocycles. The number of fused-ring (bicyclic) bond motifs is 3. The van der Waals surface area contributed by atoms with Crippen LogP contribution in [0.5, 0.6) is 0 Å². The smallest absolute Gasteiger partial charge is 0.319 e. The van der Waals surface area contributed by atoms with E-state index < -0.39 is 0 Å². The highest BCUT2D eigenvalue weighted by Gasteiger charge is 2.40. The Bertz CT molecular complexity index is 587. The molecule has 5 rings (SSSR count). The van der Waals surface area contributed by atoms with Crippen molar-refractivity contribution in [3.63, 3.8) is 0 Å². The number of anilines is 1. The van der Waals surface area contributed by atoms with E-state index in [0.29, 0.717) is 6.04 Å². The van der Waals surface area contributed by atoms with Crippen LogP contribution in [0.3, 0.4) is 0 Å². The second-order valence-electron chi connectivity index (χ2n) is 8.26. The zero-order valence-corrected chi connectivity index (χ0v) is 15.7. The van der Waals surface area contributed by atoms with Gasteiger partial charge in [0.25, 0.3) is 0 Å². The maximum atomic E-state index is 12.1. The first-order chi connectivity index (χ1) is 12.8. The summed E-state index contributed by atoms with van der Waals surface area (Å²) in [6, 6.07) is 10.1. The molecule has 26 heavy (non-hydrogen) atoms. The third-order valence-corrected chi connectivity index (χ3v) is 6.49. The van der Waals surface area contributed by atoms with Crippen molar-refractivity contribution >= 4 is 11.7 Å². The summed E-state index contributed by atoms with van der Waals surface area (Å²) in [5, 5.41) is 5.99. The first-order valence-corrected chi connectivity index (χ1v) is 10.3. The molecule has 1 aromatic carbocycles. The average Bonchev–Trinajstić information content (AvgIpc) is 2.69. The third-order valence-electron chi connectivity index (χ3n) is 6.49. The van der Waals surface area contributed by atoms with Crippen LogP contribution in [-0.2, 0) is 0 Å². The number of nitrogens with zero attached hydrogens (tertiary/aromatic N) is 2. The minimum atomic E-state index is -0.0938. The lowest BCUT2D eigenvalue weighted by Gasteiger charge is -2.51. The zero-order valence-electron chi connectivity index (χ0n) is 15.7. The Labute approximate surface area is 157 Å². The number of hydrogen-bond acceptors (Lipinski definition) is 3. The molecule has 0 aromatic heterocycles. The highest BCUT2D eigenvalue weighted by molar-refractivity contribution is 5.89. The van der Waals surface area contributed by atoms with E-state index in [1.165, 1.54) is 64.8 Å². The molecular formula is C21H32N4O. The number of amides is 2. The van der Waals surface area contributed by atoms with E-state index in [-0.39, 0.29) is 6.03 Å². The van der Waals surface area contributed by atoms with Crippen molar-refractivity contribution in [1.82, 2.24) is 15.1 Å². The Balaban J connectivity index is 1.23. The molecule has 2 bridgehead atoms. The fraction of sp³-hybridized carbons (Fsp3) is 0.667. The number of carbonyl (C=O) groups excluding carboxylic acids is 1. The topological polar surface area (TPSA) is 47.6 Å². The summed E-state index contributed by atoms with van der Waals surface area (Å²) in [7, 11) is 0. The second-order valence-corrected chi connectivity index (χ2v) is 8.26. The number of nitrogens with one attached hydrogen (secondary N) is 2. The van der Waals surface area contributed by atoms with Gasteiger partial charge in [-0.2, -0.15) is 0 Å². The van der Waals surface area contributed by atoms with Crippen molar-refractivity contribution in [2.75, 3.05) is 44.6 Å². The van der Waals surface area contributed by atoms with Crippen LogP contribution in [0.25, 0.3) is 0 Å². The number of likely N-dealkylation sites (tertiary alicyclic amines) is 1. The minimum absolute atomic E-state index is 0.0938. The van der Waals surface area contributed by atoms with E-state index in [1.807, 2.05) is 30.3 Å².